The van der Waals surface area contributed by atoms with Crippen LogP contribution in [0.1, 0.15) is 16.7 Å². The molecule has 0 saturated carbocycles. The predicted octanol–water partition coefficient (Wildman–Crippen LogP) is 2.34. The summed E-state index contributed by atoms with van der Waals surface area (Å²) < 4.78 is 3.53. The average molecular weight is 358 g/mol. The van der Waals surface area contributed by atoms with E-state index < -0.39 is 0 Å². The first-order chi connectivity index (χ1) is 13.0. The van der Waals surface area contributed by atoms with Crippen molar-refractivity contribution in [1.82, 2.24) is 19.2 Å². The Morgan fingerprint density at radius 1 is 1.11 bits per heavy atom. The molecule has 7 heteroatoms. The first-order valence-electron chi connectivity index (χ1n) is 8.54. The molecule has 0 aliphatic heterocycles. The van der Waals surface area contributed by atoms with Gasteiger partial charge in [0, 0.05) is 14.1 Å². The van der Waals surface area contributed by atoms with Crippen molar-refractivity contribution in [3.05, 3.63) is 69.5 Å². The molecule has 2 aromatic carbocycles. The van der Waals surface area contributed by atoms with E-state index in [2.05, 4.69) is 16.3 Å². The van der Waals surface area contributed by atoms with Gasteiger partial charge < -0.3 is 4.90 Å². The van der Waals surface area contributed by atoms with E-state index >= 15 is 0 Å². The first kappa shape index (κ1) is 16.8. The van der Waals surface area contributed by atoms with E-state index in [0.717, 1.165) is 16.6 Å². The highest BCUT2D eigenvalue weighted by Gasteiger charge is 2.17. The summed E-state index contributed by atoms with van der Waals surface area (Å²) in [5.74, 6) is 1.15. The van der Waals surface area contributed by atoms with E-state index in [9.17, 15) is 4.79 Å². The van der Waals surface area contributed by atoms with Gasteiger partial charge in [0.05, 0.1) is 29.1 Å². The highest BCUT2D eigenvalue weighted by Crippen LogP contribution is 2.20. The second-order valence-electron chi connectivity index (χ2n) is 6.75. The van der Waals surface area contributed by atoms with Crippen molar-refractivity contribution in [3.8, 4) is 6.07 Å². The Hall–Kier alpha value is -3.66. The van der Waals surface area contributed by atoms with Crippen LogP contribution in [0.5, 0.6) is 0 Å². The van der Waals surface area contributed by atoms with E-state index in [1.165, 1.54) is 0 Å². The summed E-state index contributed by atoms with van der Waals surface area (Å²) in [5.41, 5.74) is 3.19. The number of hydrogen-bond acceptors (Lipinski definition) is 5. The van der Waals surface area contributed by atoms with Crippen LogP contribution < -0.4 is 10.5 Å². The summed E-state index contributed by atoms with van der Waals surface area (Å²) in [4.78, 5) is 15.1. The minimum Gasteiger partial charge on any atom is -0.347 e. The molecule has 0 aliphatic rings. The van der Waals surface area contributed by atoms with Crippen LogP contribution in [-0.2, 0) is 6.54 Å². The van der Waals surface area contributed by atoms with Crippen LogP contribution in [0, 0.1) is 18.3 Å². The van der Waals surface area contributed by atoms with Gasteiger partial charge in [-0.3, -0.25) is 9.36 Å². The fourth-order valence-corrected chi connectivity index (χ4v) is 3.21. The number of aromatic nitrogens is 4. The van der Waals surface area contributed by atoms with Crippen LogP contribution in [0.3, 0.4) is 0 Å². The Bertz CT molecular complexity index is 1260. The molecule has 2 aromatic heterocycles. The molecule has 0 aliphatic carbocycles. The summed E-state index contributed by atoms with van der Waals surface area (Å²) in [6.07, 6.45) is 0. The van der Waals surface area contributed by atoms with Gasteiger partial charge in [-0.25, -0.2) is 4.40 Å². The predicted molar refractivity (Wildman–Crippen MR) is 104 cm³/mol. The molecule has 0 spiro atoms. The molecule has 0 radical (unpaired) electrons. The lowest BCUT2D eigenvalue weighted by molar-refractivity contribution is 0.766. The van der Waals surface area contributed by atoms with Gasteiger partial charge in [0.25, 0.3) is 5.56 Å². The van der Waals surface area contributed by atoms with Crippen LogP contribution in [-0.4, -0.2) is 33.3 Å². The van der Waals surface area contributed by atoms with Crippen molar-refractivity contribution in [2.24, 2.45) is 0 Å². The molecule has 0 N–H and O–H groups in total. The van der Waals surface area contributed by atoms with Crippen molar-refractivity contribution in [1.29, 1.82) is 5.26 Å². The summed E-state index contributed by atoms with van der Waals surface area (Å²) >= 11 is 0. The second kappa shape index (κ2) is 6.25. The molecule has 0 bridgehead atoms. The molecule has 0 amide bonds. The molecule has 4 aromatic rings. The van der Waals surface area contributed by atoms with Gasteiger partial charge in [-0.1, -0.05) is 23.8 Å². The van der Waals surface area contributed by atoms with Crippen molar-refractivity contribution < 1.29 is 0 Å². The summed E-state index contributed by atoms with van der Waals surface area (Å²) in [6.45, 7) is 2.32. The number of anilines is 1. The van der Waals surface area contributed by atoms with Gasteiger partial charge in [-0.2, -0.15) is 5.26 Å². The van der Waals surface area contributed by atoms with Crippen molar-refractivity contribution in [2.45, 2.75) is 13.5 Å². The number of hydrogen-bond donors (Lipinski definition) is 0. The molecule has 0 atom stereocenters. The highest BCUT2D eigenvalue weighted by atomic mass is 16.1. The quantitative estimate of drug-likeness (QED) is 0.562. The van der Waals surface area contributed by atoms with E-state index in [4.69, 9.17) is 5.26 Å². The lowest BCUT2D eigenvalue weighted by Crippen LogP contribution is -2.24. The van der Waals surface area contributed by atoms with E-state index in [0.29, 0.717) is 29.2 Å². The highest BCUT2D eigenvalue weighted by molar-refractivity contribution is 5.82. The lowest BCUT2D eigenvalue weighted by atomic mass is 10.1. The maximum atomic E-state index is 13.2. The van der Waals surface area contributed by atoms with Gasteiger partial charge in [-0.15, -0.1) is 10.2 Å². The Labute approximate surface area is 155 Å². The van der Waals surface area contributed by atoms with Crippen LogP contribution in [0.25, 0.3) is 16.7 Å². The maximum absolute atomic E-state index is 13.2. The molecule has 0 unspecified atom stereocenters. The van der Waals surface area contributed by atoms with E-state index in [-0.39, 0.29) is 5.56 Å². The van der Waals surface area contributed by atoms with E-state index in [1.54, 1.807) is 16.7 Å². The van der Waals surface area contributed by atoms with Gasteiger partial charge in [0.15, 0.2) is 0 Å². The minimum absolute atomic E-state index is 0.108. The van der Waals surface area contributed by atoms with Crippen molar-refractivity contribution in [2.75, 3.05) is 19.0 Å². The number of fused-ring (bicyclic) bond motifs is 3. The summed E-state index contributed by atoms with van der Waals surface area (Å²) in [5, 5.41) is 18.2. The zero-order chi connectivity index (χ0) is 19.1. The normalized spacial score (nSPS) is 11.0. The monoisotopic (exact) mass is 358 g/mol. The minimum atomic E-state index is -0.108. The van der Waals surface area contributed by atoms with Crippen LogP contribution in [0.2, 0.25) is 0 Å². The van der Waals surface area contributed by atoms with E-state index in [1.807, 2.05) is 60.7 Å². The third-order valence-electron chi connectivity index (χ3n) is 4.56. The van der Waals surface area contributed by atoms with Gasteiger partial charge in [0.2, 0.25) is 11.7 Å². The van der Waals surface area contributed by atoms with Crippen molar-refractivity contribution in [3.63, 3.8) is 0 Å². The third kappa shape index (κ3) is 2.72. The number of nitrogens with zero attached hydrogens (tertiary/aromatic N) is 6. The Balaban J connectivity index is 2.02. The Morgan fingerprint density at radius 2 is 1.85 bits per heavy atom. The zero-order valence-electron chi connectivity index (χ0n) is 15.3. The fourth-order valence-electron chi connectivity index (χ4n) is 3.21. The number of nitriles is 1. The number of benzene rings is 2. The molecule has 7 nitrogen and oxygen atoms in total. The Morgan fingerprint density at radius 3 is 2.52 bits per heavy atom. The number of rotatable bonds is 3. The van der Waals surface area contributed by atoms with Gasteiger partial charge in [-0.05, 0) is 36.8 Å². The fraction of sp³-hybridized carbons (Fsp3) is 0.200. The maximum Gasteiger partial charge on any atom is 0.263 e. The molecule has 0 fully saturated rings. The first-order valence-corrected chi connectivity index (χ1v) is 8.54. The van der Waals surface area contributed by atoms with Crippen LogP contribution >= 0.6 is 0 Å². The molecule has 134 valence electrons. The summed E-state index contributed by atoms with van der Waals surface area (Å²) in [6, 6.07) is 15.1. The molecular formula is C20H18N6O. The Kier molecular flexibility index (Phi) is 3.89. The average Bonchev–Trinajstić information content (AvgIpc) is 3.11. The van der Waals surface area contributed by atoms with Crippen LogP contribution in [0.15, 0.2) is 47.3 Å². The van der Waals surface area contributed by atoms with Crippen LogP contribution in [0.4, 0.5) is 5.95 Å². The molecule has 2 heterocycles. The molecular weight excluding hydrogens is 340 g/mol. The second-order valence-corrected chi connectivity index (χ2v) is 6.75. The molecule has 0 saturated heterocycles. The molecule has 4 rings (SSSR count). The SMILES string of the molecule is Cc1ccc2c(c1)c(=O)n(Cc1ccc(C#N)cc1)c1nnc(N(C)C)n21. The topological polar surface area (TPSA) is 79.2 Å². The molecule has 27 heavy (non-hydrogen) atoms. The standard InChI is InChI=1S/C20H18N6O/c1-13-4-9-17-16(10-13)18(27)25(12-15-7-5-14(11-21)6-8-15)20-23-22-19(24(2)3)26(17)20/h4-10H,12H2,1-3H3. The zero-order valence-corrected chi connectivity index (χ0v) is 15.3. The summed E-state index contributed by atoms with van der Waals surface area (Å²) in [7, 11) is 3.79. The van der Waals surface area contributed by atoms with Gasteiger partial charge >= 0.3 is 0 Å². The smallest absolute Gasteiger partial charge is 0.263 e. The van der Waals surface area contributed by atoms with Gasteiger partial charge in [0.1, 0.15) is 0 Å². The third-order valence-corrected chi connectivity index (χ3v) is 4.56. The number of aryl methyl sites for hydroxylation is 1. The lowest BCUT2D eigenvalue weighted by Gasteiger charge is -2.14. The van der Waals surface area contributed by atoms with Crippen molar-refractivity contribution >= 4 is 22.6 Å². The largest absolute Gasteiger partial charge is 0.347 e.